The van der Waals surface area contributed by atoms with E-state index in [1.54, 1.807) is 16.2 Å². The average molecular weight is 435 g/mol. The number of nitrogens with zero attached hydrogens (tertiary/aromatic N) is 4. The van der Waals surface area contributed by atoms with Gasteiger partial charge >= 0.3 is 0 Å². The molecule has 0 aliphatic rings. The topological polar surface area (TPSA) is 51.0 Å². The van der Waals surface area contributed by atoms with Crippen LogP contribution < -0.4 is 4.90 Å². The van der Waals surface area contributed by atoms with E-state index in [1.807, 2.05) is 96.6 Å². The number of benzene rings is 2. The zero-order valence-corrected chi connectivity index (χ0v) is 18.4. The Balaban J connectivity index is 1.65. The number of rotatable bonds is 7. The molecule has 0 saturated heterocycles. The maximum absolute atomic E-state index is 13.2. The van der Waals surface area contributed by atoms with Crippen LogP contribution in [0.3, 0.4) is 0 Å². The van der Waals surface area contributed by atoms with Gasteiger partial charge in [0.25, 0.3) is 0 Å². The van der Waals surface area contributed by atoms with Gasteiger partial charge in [-0.25, -0.2) is 0 Å². The van der Waals surface area contributed by atoms with Crippen molar-refractivity contribution >= 4 is 34.7 Å². The first-order chi connectivity index (χ1) is 14.7. The van der Waals surface area contributed by atoms with E-state index in [2.05, 4.69) is 10.2 Å². The number of hydrogen-bond donors (Lipinski definition) is 0. The van der Waals surface area contributed by atoms with Crippen LogP contribution in [-0.4, -0.2) is 32.5 Å². The fourth-order valence-corrected chi connectivity index (χ4v) is 4.85. The number of amides is 1. The molecule has 5 nitrogen and oxygen atoms in total. The SMILES string of the molecule is CCN(C(=O)C(C)Sc1nnc(-c2cccs2)n1-c1ccccc1)c1ccccc1. The van der Waals surface area contributed by atoms with E-state index in [0.717, 1.165) is 22.1 Å². The van der Waals surface area contributed by atoms with Crippen molar-refractivity contribution in [1.29, 1.82) is 0 Å². The lowest BCUT2D eigenvalue weighted by molar-refractivity contribution is -0.117. The number of carbonyl (C=O) groups excluding carboxylic acids is 1. The highest BCUT2D eigenvalue weighted by Gasteiger charge is 2.25. The van der Waals surface area contributed by atoms with Crippen LogP contribution in [0.1, 0.15) is 13.8 Å². The smallest absolute Gasteiger partial charge is 0.240 e. The molecule has 0 fully saturated rings. The first kappa shape index (κ1) is 20.4. The summed E-state index contributed by atoms with van der Waals surface area (Å²) in [6, 6.07) is 23.8. The van der Waals surface area contributed by atoms with Crippen LogP contribution in [0.2, 0.25) is 0 Å². The number of thiophene rings is 1. The standard InChI is InChI=1S/C23H22N4OS2/c1-3-26(18-11-6-4-7-12-18)22(28)17(2)30-23-25-24-21(20-15-10-16-29-20)27(23)19-13-8-5-9-14-19/h4-17H,3H2,1-2H3. The van der Waals surface area contributed by atoms with Crippen LogP contribution in [0.25, 0.3) is 16.4 Å². The third-order valence-electron chi connectivity index (χ3n) is 4.67. The highest BCUT2D eigenvalue weighted by molar-refractivity contribution is 8.00. The lowest BCUT2D eigenvalue weighted by atomic mass is 10.2. The first-order valence-electron chi connectivity index (χ1n) is 9.77. The van der Waals surface area contributed by atoms with Crippen LogP contribution in [0.15, 0.2) is 83.3 Å². The zero-order chi connectivity index (χ0) is 20.9. The van der Waals surface area contributed by atoms with E-state index in [9.17, 15) is 4.79 Å². The molecule has 30 heavy (non-hydrogen) atoms. The van der Waals surface area contributed by atoms with Gasteiger partial charge in [-0.3, -0.25) is 9.36 Å². The van der Waals surface area contributed by atoms with E-state index >= 15 is 0 Å². The van der Waals surface area contributed by atoms with E-state index < -0.39 is 0 Å². The third-order valence-corrected chi connectivity index (χ3v) is 6.57. The van der Waals surface area contributed by atoms with Crippen LogP contribution in [-0.2, 0) is 4.79 Å². The molecule has 0 aliphatic heterocycles. The quantitative estimate of drug-likeness (QED) is 0.359. The van der Waals surface area contributed by atoms with Gasteiger partial charge in [-0.15, -0.1) is 21.5 Å². The fourth-order valence-electron chi connectivity index (χ4n) is 3.22. The van der Waals surface area contributed by atoms with Gasteiger partial charge in [-0.05, 0) is 49.6 Å². The molecule has 152 valence electrons. The maximum atomic E-state index is 13.2. The predicted octanol–water partition coefficient (Wildman–Crippen LogP) is 5.53. The van der Waals surface area contributed by atoms with Gasteiger partial charge in [0, 0.05) is 17.9 Å². The van der Waals surface area contributed by atoms with Gasteiger partial charge < -0.3 is 4.90 Å². The second-order valence-corrected chi connectivity index (χ2v) is 8.89. The lowest BCUT2D eigenvalue weighted by Crippen LogP contribution is -2.36. The minimum absolute atomic E-state index is 0.0500. The van der Waals surface area contributed by atoms with Crippen LogP contribution in [0.5, 0.6) is 0 Å². The van der Waals surface area contributed by atoms with Crippen molar-refractivity contribution in [3.63, 3.8) is 0 Å². The molecule has 0 radical (unpaired) electrons. The van der Waals surface area contributed by atoms with Gasteiger partial charge in [0.15, 0.2) is 11.0 Å². The van der Waals surface area contributed by atoms with E-state index in [1.165, 1.54) is 11.8 Å². The summed E-state index contributed by atoms with van der Waals surface area (Å²) in [6.07, 6.45) is 0. The van der Waals surface area contributed by atoms with Crippen molar-refractivity contribution in [2.75, 3.05) is 11.4 Å². The molecule has 1 unspecified atom stereocenters. The Morgan fingerprint density at radius 3 is 2.37 bits per heavy atom. The van der Waals surface area contributed by atoms with E-state index in [4.69, 9.17) is 0 Å². The highest BCUT2D eigenvalue weighted by atomic mass is 32.2. The maximum Gasteiger partial charge on any atom is 0.240 e. The van der Waals surface area contributed by atoms with Crippen molar-refractivity contribution in [2.45, 2.75) is 24.3 Å². The van der Waals surface area contributed by atoms with Gasteiger partial charge in [-0.2, -0.15) is 0 Å². The second-order valence-electron chi connectivity index (χ2n) is 6.63. The Bertz CT molecular complexity index is 1090. The second kappa shape index (κ2) is 9.28. The Kier molecular flexibility index (Phi) is 6.30. The molecule has 4 rings (SSSR count). The van der Waals surface area contributed by atoms with Crippen LogP contribution in [0, 0.1) is 0 Å². The normalized spacial score (nSPS) is 11.9. The molecule has 2 heterocycles. The van der Waals surface area contributed by atoms with Gasteiger partial charge in [0.1, 0.15) is 0 Å². The summed E-state index contributed by atoms with van der Waals surface area (Å²) in [4.78, 5) is 16.1. The Morgan fingerprint density at radius 1 is 1.03 bits per heavy atom. The number of hydrogen-bond acceptors (Lipinski definition) is 5. The molecule has 4 aromatic rings. The van der Waals surface area contributed by atoms with Crippen LogP contribution >= 0.6 is 23.1 Å². The van der Waals surface area contributed by atoms with Gasteiger partial charge in [-0.1, -0.05) is 54.2 Å². The van der Waals surface area contributed by atoms with Gasteiger partial charge in [0.2, 0.25) is 5.91 Å². The average Bonchev–Trinajstić information content (AvgIpc) is 3.45. The Morgan fingerprint density at radius 2 is 1.73 bits per heavy atom. The van der Waals surface area contributed by atoms with Crippen molar-refractivity contribution in [3.8, 4) is 16.4 Å². The fraction of sp³-hybridized carbons (Fsp3) is 0.174. The number of anilines is 1. The van der Waals surface area contributed by atoms with Crippen molar-refractivity contribution in [2.24, 2.45) is 0 Å². The molecule has 0 saturated carbocycles. The molecule has 2 aromatic carbocycles. The summed E-state index contributed by atoms with van der Waals surface area (Å²) >= 11 is 3.05. The van der Waals surface area contributed by atoms with E-state index in [-0.39, 0.29) is 11.2 Å². The molecular weight excluding hydrogens is 412 g/mol. The molecule has 0 aliphatic carbocycles. The number of thioether (sulfide) groups is 1. The predicted molar refractivity (Wildman–Crippen MR) is 124 cm³/mol. The number of carbonyl (C=O) groups is 1. The summed E-state index contributed by atoms with van der Waals surface area (Å²) in [5, 5.41) is 11.3. The van der Waals surface area contributed by atoms with Crippen molar-refractivity contribution in [3.05, 3.63) is 78.2 Å². The highest BCUT2D eigenvalue weighted by Crippen LogP contribution is 2.32. The van der Waals surface area contributed by atoms with Gasteiger partial charge in [0.05, 0.1) is 10.1 Å². The molecule has 7 heteroatoms. The summed E-state index contributed by atoms with van der Waals surface area (Å²) in [6.45, 7) is 4.52. The first-order valence-corrected chi connectivity index (χ1v) is 11.5. The summed E-state index contributed by atoms with van der Waals surface area (Å²) in [5.41, 5.74) is 1.88. The molecule has 1 amide bonds. The van der Waals surface area contributed by atoms with E-state index in [0.29, 0.717) is 11.7 Å². The monoisotopic (exact) mass is 434 g/mol. The minimum atomic E-state index is -0.312. The molecule has 2 aromatic heterocycles. The van der Waals surface area contributed by atoms with Crippen molar-refractivity contribution in [1.82, 2.24) is 14.8 Å². The molecular formula is C23H22N4OS2. The third kappa shape index (κ3) is 4.17. The Labute approximate surface area is 184 Å². The minimum Gasteiger partial charge on any atom is -0.312 e. The summed E-state index contributed by atoms with van der Waals surface area (Å²) in [5.74, 6) is 0.836. The summed E-state index contributed by atoms with van der Waals surface area (Å²) < 4.78 is 2.03. The largest absolute Gasteiger partial charge is 0.312 e. The zero-order valence-electron chi connectivity index (χ0n) is 16.8. The molecule has 0 bridgehead atoms. The summed E-state index contributed by atoms with van der Waals surface area (Å²) in [7, 11) is 0. The van der Waals surface area contributed by atoms with Crippen molar-refractivity contribution < 1.29 is 4.79 Å². The van der Waals surface area contributed by atoms with Crippen LogP contribution in [0.4, 0.5) is 5.69 Å². The number of aromatic nitrogens is 3. The lowest BCUT2D eigenvalue weighted by Gasteiger charge is -2.24. The molecule has 0 spiro atoms. The Hall–Kier alpha value is -2.90. The number of para-hydroxylation sites is 2. The molecule has 1 atom stereocenters. The molecule has 0 N–H and O–H groups in total.